The lowest BCUT2D eigenvalue weighted by molar-refractivity contribution is 1.28. The van der Waals surface area contributed by atoms with E-state index in [1.807, 2.05) is 33.9 Å². The smallest absolute Gasteiger partial charge is 0.0195 e. The van der Waals surface area contributed by atoms with E-state index in [9.17, 15) is 0 Å². The van der Waals surface area contributed by atoms with Gasteiger partial charge in [-0.2, -0.15) is 0 Å². The molecule has 0 radical (unpaired) electrons. The fraction of sp³-hybridized carbons (Fsp3) is 0.385. The van der Waals surface area contributed by atoms with Gasteiger partial charge in [0.2, 0.25) is 0 Å². The zero-order chi connectivity index (χ0) is 11.0. The van der Waals surface area contributed by atoms with Crippen LogP contribution in [0.25, 0.3) is 10.8 Å². The van der Waals surface area contributed by atoms with Crippen LogP contribution < -0.4 is 0 Å². The molecule has 0 amide bonds. The lowest BCUT2D eigenvalue weighted by atomic mass is 10.2. The summed E-state index contributed by atoms with van der Waals surface area (Å²) in [5.41, 5.74) is 1.25. The Kier molecular flexibility index (Phi) is 6.55. The topological polar surface area (TPSA) is 15.8 Å². The summed E-state index contributed by atoms with van der Waals surface area (Å²) in [4.78, 5) is 3.18. The molecule has 0 spiro atoms. The van der Waals surface area contributed by atoms with Gasteiger partial charge >= 0.3 is 0 Å². The summed E-state index contributed by atoms with van der Waals surface area (Å²) >= 11 is 0. The van der Waals surface area contributed by atoms with Crippen molar-refractivity contribution < 1.29 is 0 Å². The number of hydrogen-bond donors (Lipinski definition) is 1. The Morgan fingerprint density at radius 2 is 1.50 bits per heavy atom. The number of aromatic nitrogens is 1. The Hall–Kier alpha value is -1.24. The number of benzene rings is 1. The first kappa shape index (κ1) is 12.8. The van der Waals surface area contributed by atoms with Gasteiger partial charge in [-0.05, 0) is 12.3 Å². The largest absolute Gasteiger partial charge is 0.364 e. The van der Waals surface area contributed by atoms with Gasteiger partial charge in [0.25, 0.3) is 0 Å². The maximum Gasteiger partial charge on any atom is 0.0195 e. The van der Waals surface area contributed by atoms with E-state index in [4.69, 9.17) is 0 Å². The molecule has 0 aliphatic rings. The standard InChI is InChI=1S/C9H9N.2C2H6/c1-7-9-5-3-2-4-8(9)6-10-7;2*1-2/h2-6,10H,1H3;2*1-2H3. The molecule has 0 fully saturated rings. The normalized spacial score (nSPS) is 8.36. The van der Waals surface area contributed by atoms with Gasteiger partial charge in [-0.1, -0.05) is 52.0 Å². The van der Waals surface area contributed by atoms with Crippen LogP contribution in [0.1, 0.15) is 33.4 Å². The number of fused-ring (bicyclic) bond motifs is 1. The van der Waals surface area contributed by atoms with Crippen molar-refractivity contribution in [2.45, 2.75) is 34.6 Å². The molecule has 78 valence electrons. The predicted molar refractivity (Wildman–Crippen MR) is 65.7 cm³/mol. The van der Waals surface area contributed by atoms with Crippen molar-refractivity contribution in [3.8, 4) is 0 Å². The van der Waals surface area contributed by atoms with Gasteiger partial charge in [0.1, 0.15) is 0 Å². The average Bonchev–Trinajstić information content (AvgIpc) is 2.67. The van der Waals surface area contributed by atoms with Crippen LogP contribution in [0.2, 0.25) is 0 Å². The second-order valence-electron chi connectivity index (χ2n) is 2.50. The summed E-state index contributed by atoms with van der Waals surface area (Å²) in [6.07, 6.45) is 2.03. The van der Waals surface area contributed by atoms with E-state index in [1.165, 1.54) is 16.5 Å². The van der Waals surface area contributed by atoms with E-state index in [1.54, 1.807) is 0 Å². The Balaban J connectivity index is 0.000000379. The first-order chi connectivity index (χ1) is 6.88. The van der Waals surface area contributed by atoms with Crippen LogP contribution in [0.15, 0.2) is 30.5 Å². The van der Waals surface area contributed by atoms with Crippen molar-refractivity contribution in [3.05, 3.63) is 36.2 Å². The summed E-state index contributed by atoms with van der Waals surface area (Å²) in [7, 11) is 0. The molecule has 0 saturated heterocycles. The molecule has 1 nitrogen and oxygen atoms in total. The molecule has 0 unspecified atom stereocenters. The summed E-state index contributed by atoms with van der Waals surface area (Å²) in [6.45, 7) is 10.1. The van der Waals surface area contributed by atoms with Crippen LogP contribution in [0, 0.1) is 6.92 Å². The highest BCUT2D eigenvalue weighted by molar-refractivity contribution is 5.84. The molecule has 1 heteroatoms. The third-order valence-electron chi connectivity index (χ3n) is 1.81. The molecule has 0 aliphatic heterocycles. The van der Waals surface area contributed by atoms with E-state index < -0.39 is 0 Å². The highest BCUT2D eigenvalue weighted by Gasteiger charge is 1.94. The minimum Gasteiger partial charge on any atom is -0.364 e. The van der Waals surface area contributed by atoms with Crippen LogP contribution >= 0.6 is 0 Å². The maximum atomic E-state index is 3.18. The Bertz CT molecular complexity index is 347. The molecule has 2 aromatic rings. The Labute approximate surface area is 87.2 Å². The number of hydrogen-bond acceptors (Lipinski definition) is 0. The van der Waals surface area contributed by atoms with E-state index >= 15 is 0 Å². The van der Waals surface area contributed by atoms with Gasteiger partial charge in [0, 0.05) is 17.3 Å². The van der Waals surface area contributed by atoms with E-state index in [-0.39, 0.29) is 0 Å². The van der Waals surface area contributed by atoms with E-state index in [2.05, 4.69) is 36.2 Å². The average molecular weight is 191 g/mol. The van der Waals surface area contributed by atoms with Crippen LogP contribution in [-0.4, -0.2) is 4.98 Å². The highest BCUT2D eigenvalue weighted by atomic mass is 14.7. The number of rotatable bonds is 0. The summed E-state index contributed by atoms with van der Waals surface area (Å²) in [5, 5.41) is 2.61. The number of H-pyrrole nitrogens is 1. The van der Waals surface area contributed by atoms with Gasteiger partial charge in [0.05, 0.1) is 0 Å². The number of aryl methyl sites for hydroxylation is 1. The van der Waals surface area contributed by atoms with Crippen molar-refractivity contribution in [2.75, 3.05) is 0 Å². The minimum atomic E-state index is 1.25. The third-order valence-corrected chi connectivity index (χ3v) is 1.81. The van der Waals surface area contributed by atoms with Gasteiger partial charge < -0.3 is 4.98 Å². The van der Waals surface area contributed by atoms with Crippen molar-refractivity contribution >= 4 is 10.8 Å². The van der Waals surface area contributed by atoms with E-state index in [0.717, 1.165) is 0 Å². The molecule has 0 atom stereocenters. The van der Waals surface area contributed by atoms with E-state index in [0.29, 0.717) is 0 Å². The SMILES string of the molecule is CC.CC.Cc1[nH]cc2ccccc12. The molecule has 1 aromatic carbocycles. The molecule has 0 saturated carbocycles. The fourth-order valence-electron chi connectivity index (χ4n) is 1.23. The summed E-state index contributed by atoms with van der Waals surface area (Å²) in [6, 6.07) is 8.35. The quantitative estimate of drug-likeness (QED) is 0.629. The van der Waals surface area contributed by atoms with Gasteiger partial charge in [-0.15, -0.1) is 0 Å². The van der Waals surface area contributed by atoms with Crippen molar-refractivity contribution in [2.24, 2.45) is 0 Å². The summed E-state index contributed by atoms with van der Waals surface area (Å²) in [5.74, 6) is 0. The Morgan fingerprint density at radius 1 is 0.929 bits per heavy atom. The first-order valence-electron chi connectivity index (χ1n) is 5.40. The maximum absolute atomic E-state index is 3.18. The highest BCUT2D eigenvalue weighted by Crippen LogP contribution is 2.15. The lowest BCUT2D eigenvalue weighted by Gasteiger charge is -1.86. The second-order valence-corrected chi connectivity index (χ2v) is 2.50. The predicted octanol–water partition coefficient (Wildman–Crippen LogP) is 4.53. The second kappa shape index (κ2) is 7.19. The molecule has 14 heavy (non-hydrogen) atoms. The molecule has 1 N–H and O–H groups in total. The van der Waals surface area contributed by atoms with Crippen LogP contribution in [0.4, 0.5) is 0 Å². The molecule has 1 heterocycles. The monoisotopic (exact) mass is 191 g/mol. The van der Waals surface area contributed by atoms with Crippen LogP contribution in [0.3, 0.4) is 0 Å². The fourth-order valence-corrected chi connectivity index (χ4v) is 1.23. The lowest BCUT2D eigenvalue weighted by Crippen LogP contribution is -1.66. The van der Waals surface area contributed by atoms with Crippen LogP contribution in [0.5, 0.6) is 0 Å². The summed E-state index contributed by atoms with van der Waals surface area (Å²) < 4.78 is 0. The molecular weight excluding hydrogens is 170 g/mol. The van der Waals surface area contributed by atoms with Crippen molar-refractivity contribution in [3.63, 3.8) is 0 Å². The number of nitrogens with one attached hydrogen (secondary N) is 1. The molecule has 1 aromatic heterocycles. The molecule has 0 aliphatic carbocycles. The van der Waals surface area contributed by atoms with Gasteiger partial charge in [-0.3, -0.25) is 0 Å². The van der Waals surface area contributed by atoms with Gasteiger partial charge in [0.15, 0.2) is 0 Å². The zero-order valence-corrected chi connectivity index (χ0v) is 9.89. The first-order valence-corrected chi connectivity index (χ1v) is 5.40. The number of aromatic amines is 1. The van der Waals surface area contributed by atoms with Crippen molar-refractivity contribution in [1.82, 2.24) is 4.98 Å². The molecular formula is C13H21N. The molecule has 2 rings (SSSR count). The van der Waals surface area contributed by atoms with Gasteiger partial charge in [-0.25, -0.2) is 0 Å². The Morgan fingerprint density at radius 3 is 2.07 bits per heavy atom. The molecule has 0 bridgehead atoms. The zero-order valence-electron chi connectivity index (χ0n) is 9.89. The third kappa shape index (κ3) is 2.91. The minimum absolute atomic E-state index is 1.25. The van der Waals surface area contributed by atoms with Crippen molar-refractivity contribution in [1.29, 1.82) is 0 Å². The van der Waals surface area contributed by atoms with Crippen LogP contribution in [-0.2, 0) is 0 Å².